The molecule has 130 valence electrons. The van der Waals surface area contributed by atoms with Crippen LogP contribution in [0.5, 0.6) is 0 Å². The molecule has 1 atom stereocenters. The third-order valence-corrected chi connectivity index (χ3v) is 4.57. The van der Waals surface area contributed by atoms with Crippen LogP contribution in [0.1, 0.15) is 23.2 Å². The summed E-state index contributed by atoms with van der Waals surface area (Å²) in [5.74, 6) is 0.00286. The van der Waals surface area contributed by atoms with E-state index in [1.807, 2.05) is 42.5 Å². The summed E-state index contributed by atoms with van der Waals surface area (Å²) in [6, 6.07) is 13.8. The number of amides is 1. The highest BCUT2D eigenvalue weighted by Crippen LogP contribution is 2.25. The minimum absolute atomic E-state index is 0. The van der Waals surface area contributed by atoms with Crippen molar-refractivity contribution in [3.05, 3.63) is 54.2 Å². The first kappa shape index (κ1) is 20.8. The zero-order valence-electron chi connectivity index (χ0n) is 13.1. The van der Waals surface area contributed by atoms with Crippen LogP contribution in [0.3, 0.4) is 0 Å². The molecule has 0 aliphatic carbocycles. The van der Waals surface area contributed by atoms with Crippen molar-refractivity contribution in [1.29, 1.82) is 0 Å². The molecule has 1 fully saturated rings. The lowest BCUT2D eigenvalue weighted by Gasteiger charge is -2.23. The van der Waals surface area contributed by atoms with Crippen LogP contribution in [-0.4, -0.2) is 30.0 Å². The third kappa shape index (κ3) is 5.98. The Morgan fingerprint density at radius 1 is 1.17 bits per heavy atom. The minimum atomic E-state index is 0. The van der Waals surface area contributed by atoms with Gasteiger partial charge >= 0.3 is 0 Å². The van der Waals surface area contributed by atoms with Crippen LogP contribution in [0.25, 0.3) is 0 Å². The zero-order valence-corrected chi connectivity index (χ0v) is 15.6. The summed E-state index contributed by atoms with van der Waals surface area (Å²) in [4.78, 5) is 17.6. The van der Waals surface area contributed by atoms with E-state index < -0.39 is 0 Å². The van der Waals surface area contributed by atoms with Gasteiger partial charge in [0.2, 0.25) is 0 Å². The molecule has 24 heavy (non-hydrogen) atoms. The van der Waals surface area contributed by atoms with Crippen molar-refractivity contribution in [2.75, 3.05) is 13.1 Å². The van der Waals surface area contributed by atoms with Crippen molar-refractivity contribution in [1.82, 2.24) is 15.6 Å². The van der Waals surface area contributed by atoms with Gasteiger partial charge < -0.3 is 10.6 Å². The molecule has 0 bridgehead atoms. The number of pyridine rings is 1. The summed E-state index contributed by atoms with van der Waals surface area (Å²) in [6.45, 7) is 1.91. The van der Waals surface area contributed by atoms with Crippen molar-refractivity contribution in [2.24, 2.45) is 0 Å². The van der Waals surface area contributed by atoms with Crippen molar-refractivity contribution in [2.45, 2.75) is 28.8 Å². The summed E-state index contributed by atoms with van der Waals surface area (Å²) >= 11 is 1.59. The summed E-state index contributed by atoms with van der Waals surface area (Å²) in [5, 5.41) is 7.34. The molecule has 0 unspecified atom stereocenters. The third-order valence-electron chi connectivity index (χ3n) is 3.61. The Hall–Kier alpha value is -1.27. The molecule has 2 heterocycles. The second-order valence-corrected chi connectivity index (χ2v) is 6.40. The van der Waals surface area contributed by atoms with Crippen LogP contribution in [0, 0.1) is 0 Å². The number of aromatic nitrogens is 1. The molecule has 4 nitrogen and oxygen atoms in total. The maximum Gasteiger partial charge on any atom is 0.251 e. The normalized spacial score (nSPS) is 16.4. The smallest absolute Gasteiger partial charge is 0.251 e. The van der Waals surface area contributed by atoms with E-state index in [-0.39, 0.29) is 36.8 Å². The van der Waals surface area contributed by atoms with Gasteiger partial charge in [-0.05, 0) is 55.8 Å². The molecule has 0 radical (unpaired) electrons. The van der Waals surface area contributed by atoms with Gasteiger partial charge in [0.25, 0.3) is 5.91 Å². The predicted molar refractivity (Wildman–Crippen MR) is 103 cm³/mol. The van der Waals surface area contributed by atoms with E-state index in [0.29, 0.717) is 5.56 Å². The molecular formula is C17H21Cl2N3OS. The van der Waals surface area contributed by atoms with Crippen molar-refractivity contribution < 1.29 is 4.79 Å². The number of halogens is 2. The van der Waals surface area contributed by atoms with Gasteiger partial charge in [-0.2, -0.15) is 0 Å². The van der Waals surface area contributed by atoms with Gasteiger partial charge in [0, 0.05) is 29.2 Å². The fourth-order valence-corrected chi connectivity index (χ4v) is 3.22. The van der Waals surface area contributed by atoms with E-state index in [4.69, 9.17) is 0 Å². The fraction of sp³-hybridized carbons (Fsp3) is 0.294. The number of carbonyl (C=O) groups excluding carboxylic acids is 1. The molecule has 2 aromatic rings. The molecule has 1 aliphatic heterocycles. The van der Waals surface area contributed by atoms with E-state index in [0.717, 1.165) is 35.9 Å². The van der Waals surface area contributed by atoms with Crippen LogP contribution >= 0.6 is 36.6 Å². The Morgan fingerprint density at radius 2 is 1.96 bits per heavy atom. The summed E-state index contributed by atoms with van der Waals surface area (Å²) in [6.07, 6.45) is 3.94. The number of rotatable bonds is 4. The van der Waals surface area contributed by atoms with Gasteiger partial charge in [0.1, 0.15) is 5.03 Å². The lowest BCUT2D eigenvalue weighted by Crippen LogP contribution is -2.45. The van der Waals surface area contributed by atoms with Crippen LogP contribution < -0.4 is 10.6 Å². The highest BCUT2D eigenvalue weighted by molar-refractivity contribution is 7.99. The number of benzene rings is 1. The monoisotopic (exact) mass is 385 g/mol. The molecule has 1 amide bonds. The van der Waals surface area contributed by atoms with Crippen molar-refractivity contribution >= 4 is 42.5 Å². The number of nitrogens with zero attached hydrogens (tertiary/aromatic N) is 1. The van der Waals surface area contributed by atoms with E-state index in [9.17, 15) is 4.79 Å². The molecule has 1 aliphatic rings. The average molecular weight is 386 g/mol. The Kier molecular flexibility index (Phi) is 9.14. The first-order valence-corrected chi connectivity index (χ1v) is 8.33. The molecule has 0 saturated carbocycles. The molecular weight excluding hydrogens is 365 g/mol. The molecule has 1 aromatic carbocycles. The number of carbonyl (C=O) groups is 1. The largest absolute Gasteiger partial charge is 0.348 e. The number of piperidine rings is 1. The predicted octanol–water partition coefficient (Wildman–Crippen LogP) is 3.56. The van der Waals surface area contributed by atoms with Crippen LogP contribution in [0.2, 0.25) is 0 Å². The second kappa shape index (κ2) is 10.6. The van der Waals surface area contributed by atoms with Gasteiger partial charge in [-0.3, -0.25) is 4.79 Å². The maximum absolute atomic E-state index is 12.2. The fourth-order valence-electron chi connectivity index (χ4n) is 2.45. The van der Waals surface area contributed by atoms with E-state index in [1.54, 1.807) is 18.0 Å². The standard InChI is InChI=1S/C17H19N3OS.2ClH/c21-17(20-14-4-3-10-18-12-14)13-6-8-15(9-7-13)22-16-5-1-2-11-19-16;;/h1-2,5-9,11,14,18H,3-4,10,12H2,(H,20,21);2*1H/t14-;;/m0../s1. The van der Waals surface area contributed by atoms with Crippen LogP contribution in [0.15, 0.2) is 58.6 Å². The first-order chi connectivity index (χ1) is 10.8. The molecule has 1 aromatic heterocycles. The second-order valence-electron chi connectivity index (χ2n) is 5.31. The Bertz CT molecular complexity index is 619. The van der Waals surface area contributed by atoms with Gasteiger partial charge in [0.15, 0.2) is 0 Å². The van der Waals surface area contributed by atoms with E-state index >= 15 is 0 Å². The lowest BCUT2D eigenvalue weighted by atomic mass is 10.1. The average Bonchev–Trinajstić information content (AvgIpc) is 2.57. The van der Waals surface area contributed by atoms with Gasteiger partial charge in [-0.1, -0.05) is 17.8 Å². The first-order valence-electron chi connectivity index (χ1n) is 7.52. The Labute approximate surface area is 159 Å². The summed E-state index contributed by atoms with van der Waals surface area (Å²) in [5.41, 5.74) is 0.705. The Morgan fingerprint density at radius 3 is 2.58 bits per heavy atom. The summed E-state index contributed by atoms with van der Waals surface area (Å²) in [7, 11) is 0. The highest BCUT2D eigenvalue weighted by Gasteiger charge is 2.16. The number of hydrogen-bond acceptors (Lipinski definition) is 4. The van der Waals surface area contributed by atoms with E-state index in [1.165, 1.54) is 0 Å². The van der Waals surface area contributed by atoms with Gasteiger partial charge in [-0.25, -0.2) is 4.98 Å². The molecule has 2 N–H and O–H groups in total. The highest BCUT2D eigenvalue weighted by atomic mass is 35.5. The SMILES string of the molecule is Cl.Cl.O=C(N[C@H]1CCCNC1)c1ccc(Sc2ccccn2)cc1. The quantitative estimate of drug-likeness (QED) is 0.844. The van der Waals surface area contributed by atoms with Gasteiger partial charge in [0.05, 0.1) is 0 Å². The summed E-state index contributed by atoms with van der Waals surface area (Å²) < 4.78 is 0. The number of nitrogens with one attached hydrogen (secondary N) is 2. The van der Waals surface area contributed by atoms with Crippen LogP contribution in [-0.2, 0) is 0 Å². The Balaban J connectivity index is 0.00000144. The zero-order chi connectivity index (χ0) is 15.2. The topological polar surface area (TPSA) is 54.0 Å². The van der Waals surface area contributed by atoms with Crippen molar-refractivity contribution in [3.8, 4) is 0 Å². The number of hydrogen-bond donors (Lipinski definition) is 2. The van der Waals surface area contributed by atoms with E-state index in [2.05, 4.69) is 15.6 Å². The minimum Gasteiger partial charge on any atom is -0.348 e. The molecule has 7 heteroatoms. The van der Waals surface area contributed by atoms with Crippen LogP contribution in [0.4, 0.5) is 0 Å². The molecule has 0 spiro atoms. The maximum atomic E-state index is 12.2. The van der Waals surface area contributed by atoms with Gasteiger partial charge in [-0.15, -0.1) is 24.8 Å². The molecule has 3 rings (SSSR count). The lowest BCUT2D eigenvalue weighted by molar-refractivity contribution is 0.0930. The van der Waals surface area contributed by atoms with Crippen molar-refractivity contribution in [3.63, 3.8) is 0 Å². The molecule has 1 saturated heterocycles.